The zero-order valence-electron chi connectivity index (χ0n) is 18.4. The number of carbonyl (C=O) groups is 1. The third kappa shape index (κ3) is 4.18. The van der Waals surface area contributed by atoms with Crippen molar-refractivity contribution in [3.63, 3.8) is 0 Å². The number of hydrogen-bond acceptors (Lipinski definition) is 5. The zero-order chi connectivity index (χ0) is 22.9. The molecule has 1 saturated heterocycles. The predicted octanol–water partition coefficient (Wildman–Crippen LogP) is 5.01. The van der Waals surface area contributed by atoms with Crippen LogP contribution in [0.15, 0.2) is 81.7 Å². The molecular formula is C26H28N2O3S2. The van der Waals surface area contributed by atoms with Crippen molar-refractivity contribution in [1.82, 2.24) is 9.88 Å². The highest BCUT2D eigenvalue weighted by Crippen LogP contribution is 2.50. The van der Waals surface area contributed by atoms with Crippen LogP contribution in [0, 0.1) is 0 Å². The lowest BCUT2D eigenvalue weighted by Gasteiger charge is -2.43. The van der Waals surface area contributed by atoms with Crippen molar-refractivity contribution in [2.45, 2.75) is 52.0 Å². The standard InChI is InChI=1S/C26H28N2O3S2/c29-16-6-10-23(20-17-25(27-18-20)33(30,31)21-7-2-1-3-8-21)28-14-12-26(13-15-28)19-32-24-11-5-4-9-22(24)26/h1-5,7-9,11,16-18,23,27H,6,10,12-15,19H2. The molecule has 1 unspecified atom stereocenters. The first kappa shape index (κ1) is 22.4. The van der Waals surface area contributed by atoms with Gasteiger partial charge in [0.1, 0.15) is 11.3 Å². The van der Waals surface area contributed by atoms with Crippen molar-refractivity contribution < 1.29 is 13.2 Å². The van der Waals surface area contributed by atoms with Gasteiger partial charge in [0.05, 0.1) is 4.90 Å². The van der Waals surface area contributed by atoms with Crippen LogP contribution < -0.4 is 0 Å². The minimum Gasteiger partial charge on any atom is -0.352 e. The molecule has 172 valence electrons. The van der Waals surface area contributed by atoms with Gasteiger partial charge in [-0.2, -0.15) is 0 Å². The van der Waals surface area contributed by atoms with Crippen molar-refractivity contribution in [2.75, 3.05) is 18.8 Å². The summed E-state index contributed by atoms with van der Waals surface area (Å²) in [6, 6.07) is 19.0. The number of likely N-dealkylation sites (tertiary alicyclic amines) is 1. The van der Waals surface area contributed by atoms with E-state index in [-0.39, 0.29) is 21.4 Å². The summed E-state index contributed by atoms with van der Waals surface area (Å²) in [6.07, 6.45) is 6.05. The molecule has 2 aliphatic heterocycles. The van der Waals surface area contributed by atoms with Crippen LogP contribution in [0.2, 0.25) is 0 Å². The Bertz CT molecular complexity index is 1230. The number of thioether (sulfide) groups is 1. The van der Waals surface area contributed by atoms with Crippen LogP contribution in [0.4, 0.5) is 0 Å². The van der Waals surface area contributed by atoms with Crippen LogP contribution in [-0.4, -0.2) is 43.4 Å². The third-order valence-corrected chi connectivity index (χ3v) is 10.2. The maximum atomic E-state index is 13.0. The zero-order valence-corrected chi connectivity index (χ0v) is 20.1. The quantitative estimate of drug-likeness (QED) is 0.482. The lowest BCUT2D eigenvalue weighted by Crippen LogP contribution is -2.44. The van der Waals surface area contributed by atoms with E-state index < -0.39 is 9.84 Å². The summed E-state index contributed by atoms with van der Waals surface area (Å²) in [5.41, 5.74) is 2.65. The molecule has 1 N–H and O–H groups in total. The first-order valence-corrected chi connectivity index (χ1v) is 13.9. The highest BCUT2D eigenvalue weighted by molar-refractivity contribution is 7.99. The first-order chi connectivity index (χ1) is 16.0. The minimum absolute atomic E-state index is 0.0211. The average Bonchev–Trinajstić information content (AvgIpc) is 3.48. The highest BCUT2D eigenvalue weighted by Gasteiger charge is 2.42. The lowest BCUT2D eigenvalue weighted by atomic mass is 9.74. The van der Waals surface area contributed by atoms with Crippen LogP contribution in [0.5, 0.6) is 0 Å². The molecule has 0 aliphatic carbocycles. The second kappa shape index (κ2) is 9.12. The van der Waals surface area contributed by atoms with Gasteiger partial charge in [0.25, 0.3) is 0 Å². The summed E-state index contributed by atoms with van der Waals surface area (Å²) in [5, 5.41) is 0.203. The summed E-state index contributed by atoms with van der Waals surface area (Å²) in [4.78, 5) is 18.3. The van der Waals surface area contributed by atoms with E-state index >= 15 is 0 Å². The number of nitrogens with one attached hydrogen (secondary N) is 1. The van der Waals surface area contributed by atoms with Gasteiger partial charge >= 0.3 is 0 Å². The van der Waals surface area contributed by atoms with Crippen molar-refractivity contribution in [1.29, 1.82) is 0 Å². The molecule has 1 atom stereocenters. The summed E-state index contributed by atoms with van der Waals surface area (Å²) in [6.45, 7) is 1.87. The van der Waals surface area contributed by atoms with Gasteiger partial charge in [0.15, 0.2) is 0 Å². The number of sulfone groups is 1. The summed E-state index contributed by atoms with van der Waals surface area (Å²) in [7, 11) is -3.60. The Morgan fingerprint density at radius 1 is 1.06 bits per heavy atom. The fraction of sp³-hybridized carbons (Fsp3) is 0.346. The van der Waals surface area contributed by atoms with Crippen molar-refractivity contribution >= 4 is 27.9 Å². The first-order valence-electron chi connectivity index (χ1n) is 11.4. The van der Waals surface area contributed by atoms with E-state index in [1.165, 1.54) is 10.5 Å². The summed E-state index contributed by atoms with van der Waals surface area (Å²) in [5.74, 6) is 1.13. The minimum atomic E-state index is -3.60. The third-order valence-electron chi connectivity index (χ3n) is 7.12. The average molecular weight is 481 g/mol. The van der Waals surface area contributed by atoms with E-state index in [0.29, 0.717) is 12.8 Å². The molecule has 0 bridgehead atoms. The van der Waals surface area contributed by atoms with Crippen LogP contribution in [0.3, 0.4) is 0 Å². The van der Waals surface area contributed by atoms with E-state index in [1.54, 1.807) is 42.6 Å². The molecule has 2 aromatic carbocycles. The number of aromatic amines is 1. The van der Waals surface area contributed by atoms with Crippen molar-refractivity contribution in [3.05, 3.63) is 78.0 Å². The normalized spacial score (nSPS) is 18.8. The number of benzene rings is 2. The predicted molar refractivity (Wildman–Crippen MR) is 130 cm³/mol. The molecule has 0 amide bonds. The molecule has 0 radical (unpaired) electrons. The lowest BCUT2D eigenvalue weighted by molar-refractivity contribution is -0.108. The number of carbonyl (C=O) groups excluding carboxylic acids is 1. The number of aldehydes is 1. The van der Waals surface area contributed by atoms with Gasteiger partial charge in [0, 0.05) is 34.7 Å². The van der Waals surface area contributed by atoms with Gasteiger partial charge in [-0.3, -0.25) is 4.90 Å². The van der Waals surface area contributed by atoms with Crippen LogP contribution in [-0.2, 0) is 20.0 Å². The van der Waals surface area contributed by atoms with Gasteiger partial charge in [0.2, 0.25) is 9.84 Å². The van der Waals surface area contributed by atoms with Crippen LogP contribution in [0.1, 0.15) is 42.9 Å². The Hall–Kier alpha value is -2.35. The molecule has 3 heterocycles. The molecule has 7 heteroatoms. The molecule has 1 fully saturated rings. The van der Waals surface area contributed by atoms with E-state index in [1.807, 2.05) is 11.8 Å². The Balaban J connectivity index is 1.37. The number of H-pyrrole nitrogens is 1. The second-order valence-electron chi connectivity index (χ2n) is 8.97. The largest absolute Gasteiger partial charge is 0.352 e. The Morgan fingerprint density at radius 2 is 1.79 bits per heavy atom. The molecule has 5 nitrogen and oxygen atoms in total. The van der Waals surface area contributed by atoms with Gasteiger partial charge < -0.3 is 9.78 Å². The summed E-state index contributed by atoms with van der Waals surface area (Å²) >= 11 is 1.96. The van der Waals surface area contributed by atoms with E-state index in [4.69, 9.17) is 0 Å². The number of fused-ring (bicyclic) bond motifs is 2. The summed E-state index contributed by atoms with van der Waals surface area (Å²) < 4.78 is 26.1. The fourth-order valence-electron chi connectivity index (χ4n) is 5.25. The highest BCUT2D eigenvalue weighted by atomic mass is 32.2. The molecule has 3 aromatic rings. The number of nitrogens with zero attached hydrogens (tertiary/aromatic N) is 1. The van der Waals surface area contributed by atoms with Crippen LogP contribution >= 0.6 is 11.8 Å². The van der Waals surface area contributed by atoms with Gasteiger partial charge in [-0.1, -0.05) is 36.4 Å². The van der Waals surface area contributed by atoms with Gasteiger partial charge in [-0.15, -0.1) is 11.8 Å². The topological polar surface area (TPSA) is 70.2 Å². The molecule has 5 rings (SSSR count). The smallest absolute Gasteiger partial charge is 0.221 e. The van der Waals surface area contributed by atoms with E-state index in [2.05, 4.69) is 34.1 Å². The van der Waals surface area contributed by atoms with Gasteiger partial charge in [-0.25, -0.2) is 8.42 Å². The number of rotatable bonds is 7. The van der Waals surface area contributed by atoms with Crippen LogP contribution in [0.25, 0.3) is 0 Å². The Kier molecular flexibility index (Phi) is 6.20. The molecular weight excluding hydrogens is 452 g/mol. The number of aromatic nitrogens is 1. The molecule has 2 aliphatic rings. The van der Waals surface area contributed by atoms with Gasteiger partial charge in [-0.05, 0) is 67.7 Å². The molecule has 1 spiro atoms. The Morgan fingerprint density at radius 3 is 2.55 bits per heavy atom. The van der Waals surface area contributed by atoms with E-state index in [9.17, 15) is 13.2 Å². The van der Waals surface area contributed by atoms with Crippen molar-refractivity contribution in [2.24, 2.45) is 0 Å². The van der Waals surface area contributed by atoms with Crippen molar-refractivity contribution in [3.8, 4) is 0 Å². The van der Waals surface area contributed by atoms with E-state index in [0.717, 1.165) is 43.5 Å². The number of hydrogen-bond donors (Lipinski definition) is 1. The maximum absolute atomic E-state index is 13.0. The molecule has 33 heavy (non-hydrogen) atoms. The molecule has 0 saturated carbocycles. The fourth-order valence-corrected chi connectivity index (χ4v) is 8.02. The molecule has 1 aromatic heterocycles. The maximum Gasteiger partial charge on any atom is 0.221 e. The Labute approximate surface area is 199 Å². The second-order valence-corrected chi connectivity index (χ2v) is 11.9. The SMILES string of the molecule is O=CCCC(c1c[nH]c(S(=O)(=O)c2ccccc2)c1)N1CCC2(CC1)CSc1ccccc12. The number of piperidine rings is 1. The monoisotopic (exact) mass is 480 g/mol.